The maximum absolute atomic E-state index is 10.8. The Morgan fingerprint density at radius 2 is 1.50 bits per heavy atom. The number of carboxylic acids is 1. The molecule has 0 fully saturated rings. The summed E-state index contributed by atoms with van der Waals surface area (Å²) in [6, 6.07) is 15.5. The molecule has 0 bridgehead atoms. The van der Waals surface area contributed by atoms with Crippen molar-refractivity contribution in [2.24, 2.45) is 5.92 Å². The zero-order chi connectivity index (χ0) is 14.5. The monoisotopic (exact) mass is 268 g/mol. The van der Waals surface area contributed by atoms with Crippen molar-refractivity contribution in [3.63, 3.8) is 0 Å². The number of hydrogen-bond donors (Lipinski definition) is 1. The van der Waals surface area contributed by atoms with Crippen LogP contribution < -0.4 is 0 Å². The van der Waals surface area contributed by atoms with E-state index >= 15 is 0 Å². The zero-order valence-electron chi connectivity index (χ0n) is 12.0. The van der Waals surface area contributed by atoms with Crippen LogP contribution in [0.1, 0.15) is 36.2 Å². The van der Waals surface area contributed by atoms with Gasteiger partial charge < -0.3 is 5.11 Å². The highest BCUT2D eigenvalue weighted by Gasteiger charge is 2.04. The maximum atomic E-state index is 10.8. The van der Waals surface area contributed by atoms with Crippen LogP contribution in [0.3, 0.4) is 0 Å². The first kappa shape index (κ1) is 14.3. The molecule has 0 heterocycles. The van der Waals surface area contributed by atoms with E-state index in [9.17, 15) is 4.79 Å². The van der Waals surface area contributed by atoms with E-state index in [-0.39, 0.29) is 0 Å². The molecule has 2 aromatic rings. The fourth-order valence-corrected chi connectivity index (χ4v) is 2.19. The lowest BCUT2D eigenvalue weighted by Gasteiger charge is -2.09. The van der Waals surface area contributed by atoms with Gasteiger partial charge in [-0.15, -0.1) is 0 Å². The van der Waals surface area contributed by atoms with Gasteiger partial charge in [-0.3, -0.25) is 0 Å². The number of rotatable bonds is 5. The molecule has 2 rings (SSSR count). The van der Waals surface area contributed by atoms with Crippen LogP contribution in [0.4, 0.5) is 0 Å². The van der Waals surface area contributed by atoms with Crippen LogP contribution in [-0.4, -0.2) is 11.1 Å². The Labute approximate surface area is 120 Å². The Kier molecular flexibility index (Phi) is 4.57. The lowest BCUT2D eigenvalue weighted by molar-refractivity contribution is 0.0697. The summed E-state index contributed by atoms with van der Waals surface area (Å²) in [6.45, 7) is 4.47. The third-order valence-electron chi connectivity index (χ3n) is 3.70. The second-order valence-electron chi connectivity index (χ2n) is 5.30. The molecule has 2 nitrogen and oxygen atoms in total. The summed E-state index contributed by atoms with van der Waals surface area (Å²) >= 11 is 0. The predicted molar refractivity (Wildman–Crippen MR) is 82.0 cm³/mol. The van der Waals surface area contributed by atoms with Gasteiger partial charge >= 0.3 is 5.97 Å². The molecule has 0 amide bonds. The van der Waals surface area contributed by atoms with Gasteiger partial charge in [0.1, 0.15) is 0 Å². The molecular formula is C18H20O2. The normalized spacial score (nSPS) is 12.1. The molecule has 2 aromatic carbocycles. The molecule has 0 radical (unpaired) electrons. The van der Waals surface area contributed by atoms with Crippen molar-refractivity contribution in [2.45, 2.75) is 26.7 Å². The van der Waals surface area contributed by atoms with Crippen LogP contribution in [0, 0.1) is 5.92 Å². The molecule has 0 aromatic heterocycles. The fourth-order valence-electron chi connectivity index (χ4n) is 2.19. The molecule has 0 aliphatic rings. The van der Waals surface area contributed by atoms with Crippen molar-refractivity contribution in [1.29, 1.82) is 0 Å². The highest BCUT2D eigenvalue weighted by atomic mass is 16.4. The quantitative estimate of drug-likeness (QED) is 0.857. The van der Waals surface area contributed by atoms with Gasteiger partial charge in [-0.2, -0.15) is 0 Å². The highest BCUT2D eigenvalue weighted by Crippen LogP contribution is 2.21. The van der Waals surface area contributed by atoms with Gasteiger partial charge in [-0.25, -0.2) is 4.79 Å². The molecule has 0 aliphatic heterocycles. The van der Waals surface area contributed by atoms with Crippen LogP contribution in [0.25, 0.3) is 11.1 Å². The maximum Gasteiger partial charge on any atom is 0.335 e. The minimum absolute atomic E-state index is 0.321. The predicted octanol–water partition coefficient (Wildman–Crippen LogP) is 4.64. The minimum atomic E-state index is -0.888. The van der Waals surface area contributed by atoms with Gasteiger partial charge in [0.2, 0.25) is 0 Å². The third-order valence-corrected chi connectivity index (χ3v) is 3.70. The molecule has 1 atom stereocenters. The molecule has 0 saturated carbocycles. The first-order chi connectivity index (χ1) is 9.60. The second-order valence-corrected chi connectivity index (χ2v) is 5.30. The summed E-state index contributed by atoms with van der Waals surface area (Å²) in [5.41, 5.74) is 3.84. The smallest absolute Gasteiger partial charge is 0.335 e. The lowest BCUT2D eigenvalue weighted by atomic mass is 9.96. The fraction of sp³-hybridized carbons (Fsp3) is 0.278. The van der Waals surface area contributed by atoms with Crippen molar-refractivity contribution >= 4 is 5.97 Å². The average molecular weight is 268 g/mol. The number of aromatic carboxylic acids is 1. The third kappa shape index (κ3) is 3.47. The number of carbonyl (C=O) groups is 1. The largest absolute Gasteiger partial charge is 0.478 e. The number of hydrogen-bond acceptors (Lipinski definition) is 1. The Bertz CT molecular complexity index is 567. The van der Waals surface area contributed by atoms with E-state index in [0.717, 1.165) is 17.5 Å². The number of benzene rings is 2. The first-order valence-corrected chi connectivity index (χ1v) is 7.02. The summed E-state index contributed by atoms with van der Waals surface area (Å²) in [5, 5.41) is 8.89. The Hall–Kier alpha value is -2.09. The summed E-state index contributed by atoms with van der Waals surface area (Å²) < 4.78 is 0. The number of carboxylic acid groups (broad SMARTS) is 1. The average Bonchev–Trinajstić information content (AvgIpc) is 2.48. The molecule has 0 spiro atoms. The lowest BCUT2D eigenvalue weighted by Crippen LogP contribution is -1.97. The van der Waals surface area contributed by atoms with Gasteiger partial charge in [0.15, 0.2) is 0 Å². The van der Waals surface area contributed by atoms with Crippen molar-refractivity contribution in [3.8, 4) is 11.1 Å². The van der Waals surface area contributed by atoms with Crippen molar-refractivity contribution < 1.29 is 9.90 Å². The van der Waals surface area contributed by atoms with Crippen molar-refractivity contribution in [3.05, 3.63) is 59.7 Å². The summed E-state index contributed by atoms with van der Waals surface area (Å²) in [4.78, 5) is 10.8. The van der Waals surface area contributed by atoms with Crippen LogP contribution in [0.15, 0.2) is 48.5 Å². The molecule has 104 valence electrons. The Morgan fingerprint density at radius 1 is 1.00 bits per heavy atom. The van der Waals surface area contributed by atoms with E-state index in [1.165, 1.54) is 12.0 Å². The van der Waals surface area contributed by atoms with Crippen molar-refractivity contribution in [1.82, 2.24) is 0 Å². The Morgan fingerprint density at radius 3 is 1.95 bits per heavy atom. The minimum Gasteiger partial charge on any atom is -0.478 e. The van der Waals surface area contributed by atoms with Crippen molar-refractivity contribution in [2.75, 3.05) is 0 Å². The van der Waals surface area contributed by atoms with Crippen LogP contribution in [0.5, 0.6) is 0 Å². The van der Waals surface area contributed by atoms with Crippen LogP contribution in [-0.2, 0) is 6.42 Å². The SMILES string of the molecule is CC[C@@H](C)Cc1ccc(-c2ccc(C(=O)O)cc2)cc1. The van der Waals surface area contributed by atoms with Crippen LogP contribution in [0.2, 0.25) is 0 Å². The zero-order valence-corrected chi connectivity index (χ0v) is 12.0. The van der Waals surface area contributed by atoms with E-state index in [1.807, 2.05) is 12.1 Å². The Balaban J connectivity index is 2.15. The van der Waals surface area contributed by atoms with E-state index in [2.05, 4.69) is 38.1 Å². The molecule has 0 aliphatic carbocycles. The molecule has 1 N–H and O–H groups in total. The summed E-state index contributed by atoms with van der Waals surface area (Å²) in [6.07, 6.45) is 2.30. The standard InChI is InChI=1S/C18H20O2/c1-3-13(2)12-14-4-6-15(7-5-14)16-8-10-17(11-9-16)18(19)20/h4-11,13H,3,12H2,1-2H3,(H,19,20)/t13-/m1/s1. The van der Waals surface area contributed by atoms with Gasteiger partial charge in [-0.1, -0.05) is 56.7 Å². The second kappa shape index (κ2) is 6.38. The van der Waals surface area contributed by atoms with Gasteiger partial charge in [-0.05, 0) is 41.2 Å². The van der Waals surface area contributed by atoms with E-state index in [4.69, 9.17) is 5.11 Å². The molecule has 0 unspecified atom stereocenters. The van der Waals surface area contributed by atoms with Gasteiger partial charge in [0, 0.05) is 0 Å². The molecular weight excluding hydrogens is 248 g/mol. The summed E-state index contributed by atoms with van der Waals surface area (Å²) in [5.74, 6) is -0.184. The topological polar surface area (TPSA) is 37.3 Å². The molecule has 2 heteroatoms. The van der Waals surface area contributed by atoms with E-state index in [1.54, 1.807) is 12.1 Å². The molecule has 0 saturated heterocycles. The van der Waals surface area contributed by atoms with Crippen LogP contribution >= 0.6 is 0 Å². The summed E-state index contributed by atoms with van der Waals surface area (Å²) in [7, 11) is 0. The molecule has 20 heavy (non-hydrogen) atoms. The van der Waals surface area contributed by atoms with Gasteiger partial charge in [0.25, 0.3) is 0 Å². The van der Waals surface area contributed by atoms with E-state index < -0.39 is 5.97 Å². The van der Waals surface area contributed by atoms with Gasteiger partial charge in [0.05, 0.1) is 5.56 Å². The van der Waals surface area contributed by atoms with E-state index in [0.29, 0.717) is 11.5 Å². The first-order valence-electron chi connectivity index (χ1n) is 7.02. The highest BCUT2D eigenvalue weighted by molar-refractivity contribution is 5.88.